The summed E-state index contributed by atoms with van der Waals surface area (Å²) in [5.41, 5.74) is 1.97. The maximum absolute atomic E-state index is 12.8. The third-order valence-corrected chi connectivity index (χ3v) is 7.69. The zero-order valence-corrected chi connectivity index (χ0v) is 14.2. The van der Waals surface area contributed by atoms with E-state index in [0.717, 1.165) is 28.0 Å². The zero-order valence-electron chi connectivity index (χ0n) is 12.2. The second kappa shape index (κ2) is 3.87. The number of hydrogen-bond acceptors (Lipinski definition) is 2. The van der Waals surface area contributed by atoms with Crippen molar-refractivity contribution in [2.75, 3.05) is 0 Å². The maximum atomic E-state index is 12.8. The minimum absolute atomic E-state index is 0.212. The molecule has 0 bridgehead atoms. The molecule has 98 valence electrons. The molecule has 0 aliphatic heterocycles. The monoisotopic (exact) mass is 278 g/mol. The van der Waals surface area contributed by atoms with Crippen LogP contribution >= 0.6 is 0 Å². The highest BCUT2D eigenvalue weighted by molar-refractivity contribution is 6.94. The summed E-state index contributed by atoms with van der Waals surface area (Å²) in [7, 11) is -3.41. The summed E-state index contributed by atoms with van der Waals surface area (Å²) in [4.78, 5) is 24.9. The van der Waals surface area contributed by atoms with Gasteiger partial charge in [-0.15, -0.1) is 0 Å². The van der Waals surface area contributed by atoms with Crippen LogP contribution in [-0.4, -0.2) is 27.7 Å². The van der Waals surface area contributed by atoms with Crippen molar-refractivity contribution in [3.8, 4) is 0 Å². The van der Waals surface area contributed by atoms with E-state index in [1.54, 1.807) is 0 Å². The van der Waals surface area contributed by atoms with Crippen molar-refractivity contribution >= 4 is 27.7 Å². The molecule has 0 radical (unpaired) electrons. The van der Waals surface area contributed by atoms with Gasteiger partial charge in [0.1, 0.15) is 0 Å². The Kier molecular flexibility index (Phi) is 2.94. The van der Waals surface area contributed by atoms with Crippen molar-refractivity contribution in [2.45, 2.75) is 52.1 Å². The third kappa shape index (κ3) is 1.91. The Bertz CT molecular complexity index is 511. The van der Waals surface area contributed by atoms with Gasteiger partial charge in [-0.25, -0.2) is 0 Å². The van der Waals surface area contributed by atoms with E-state index in [4.69, 9.17) is 0 Å². The van der Waals surface area contributed by atoms with Gasteiger partial charge in [-0.2, -0.15) is 0 Å². The van der Waals surface area contributed by atoms with Gasteiger partial charge >= 0.3 is 0 Å². The Labute approximate surface area is 111 Å². The lowest BCUT2D eigenvalue weighted by Crippen LogP contribution is -2.35. The molecule has 0 aromatic carbocycles. The van der Waals surface area contributed by atoms with Gasteiger partial charge < -0.3 is 0 Å². The molecule has 18 heavy (non-hydrogen) atoms. The summed E-state index contributed by atoms with van der Waals surface area (Å²) in [6.07, 6.45) is 1.41. The molecule has 2 rings (SSSR count). The number of hydrogen-bond donors (Lipinski definition) is 0. The number of allylic oxidation sites excluding steroid dienone is 4. The van der Waals surface area contributed by atoms with Crippen LogP contribution in [0.25, 0.3) is 0 Å². The largest absolute Gasteiger partial charge is 0.294 e. The second-order valence-electron chi connectivity index (χ2n) is 7.36. The molecular weight excluding hydrogens is 256 g/mol. The Morgan fingerprint density at radius 3 is 1.72 bits per heavy atom. The molecule has 1 fully saturated rings. The molecule has 0 amide bonds. The predicted molar refractivity (Wildman–Crippen MR) is 80.0 cm³/mol. The first-order valence-electron chi connectivity index (χ1n) is 6.62. The van der Waals surface area contributed by atoms with Gasteiger partial charge in [-0.3, -0.25) is 9.59 Å². The van der Waals surface area contributed by atoms with Crippen molar-refractivity contribution in [3.63, 3.8) is 0 Å². The minimum atomic E-state index is -1.75. The van der Waals surface area contributed by atoms with Gasteiger partial charge in [0.05, 0.1) is 16.1 Å². The average molecular weight is 278 g/mol. The molecule has 0 N–H and O–H groups in total. The lowest BCUT2D eigenvalue weighted by atomic mass is 10.2. The van der Waals surface area contributed by atoms with Crippen LogP contribution in [0.4, 0.5) is 0 Å². The maximum Gasteiger partial charge on any atom is 0.178 e. The summed E-state index contributed by atoms with van der Waals surface area (Å²) in [5, 5.41) is 1.96. The molecule has 0 atom stereocenters. The van der Waals surface area contributed by atoms with Gasteiger partial charge in [0.25, 0.3) is 0 Å². The second-order valence-corrected chi connectivity index (χ2v) is 17.4. The number of ketones is 2. The smallest absolute Gasteiger partial charge is 0.178 e. The topological polar surface area (TPSA) is 34.1 Å². The van der Waals surface area contributed by atoms with Crippen molar-refractivity contribution in [3.05, 3.63) is 21.5 Å². The van der Waals surface area contributed by atoms with Crippen molar-refractivity contribution in [1.82, 2.24) is 0 Å². The Balaban J connectivity index is 2.69. The van der Waals surface area contributed by atoms with E-state index >= 15 is 0 Å². The van der Waals surface area contributed by atoms with Crippen LogP contribution < -0.4 is 0 Å². The molecule has 0 saturated heterocycles. The third-order valence-electron chi connectivity index (χ3n) is 3.69. The van der Waals surface area contributed by atoms with Gasteiger partial charge in [0.2, 0.25) is 0 Å². The number of carbonyl (C=O) groups is 2. The molecule has 2 aliphatic rings. The van der Waals surface area contributed by atoms with Crippen molar-refractivity contribution in [1.29, 1.82) is 0 Å². The van der Waals surface area contributed by atoms with E-state index in [0.29, 0.717) is 6.42 Å². The fraction of sp³-hybridized carbons (Fsp3) is 0.571. The Hall–Kier alpha value is -0.746. The highest BCUT2D eigenvalue weighted by Crippen LogP contribution is 2.44. The summed E-state index contributed by atoms with van der Waals surface area (Å²) >= 11 is 0. The van der Waals surface area contributed by atoms with Crippen LogP contribution in [0.3, 0.4) is 0 Å². The Morgan fingerprint density at radius 1 is 0.778 bits per heavy atom. The molecule has 0 heterocycles. The number of carbonyl (C=O) groups excluding carboxylic acids is 2. The van der Waals surface area contributed by atoms with Crippen LogP contribution in [0.1, 0.15) is 12.8 Å². The summed E-state index contributed by atoms with van der Waals surface area (Å²) in [6.45, 7) is 13.1. The summed E-state index contributed by atoms with van der Waals surface area (Å²) < 4.78 is 0. The van der Waals surface area contributed by atoms with Crippen LogP contribution in [0.15, 0.2) is 21.5 Å². The number of rotatable bonds is 2. The van der Waals surface area contributed by atoms with E-state index in [1.807, 2.05) is 0 Å². The van der Waals surface area contributed by atoms with Crippen molar-refractivity contribution in [2.24, 2.45) is 0 Å². The molecule has 0 unspecified atom stereocenters. The normalized spacial score (nSPS) is 21.2. The Morgan fingerprint density at radius 2 is 1.28 bits per heavy atom. The van der Waals surface area contributed by atoms with Gasteiger partial charge in [0, 0.05) is 12.0 Å². The summed E-state index contributed by atoms with van der Waals surface area (Å²) in [6, 6.07) is 0. The molecule has 0 aromatic rings. The van der Waals surface area contributed by atoms with Gasteiger partial charge in [-0.05, 0) is 22.4 Å². The predicted octanol–water partition coefficient (Wildman–Crippen LogP) is 3.28. The molecule has 2 nitrogen and oxygen atoms in total. The van der Waals surface area contributed by atoms with Gasteiger partial charge in [-0.1, -0.05) is 39.3 Å². The highest BCUT2D eigenvalue weighted by Gasteiger charge is 2.46. The standard InChI is InChI=1S/C14H22O2Si2/c1-17(2,3)13-9-7-8-10(15)11(9)14(12(13)16)18(4,5)6/h7-8H2,1-6H3. The molecular formula is C14H22O2Si2. The van der Waals surface area contributed by atoms with Gasteiger partial charge in [0.15, 0.2) is 11.6 Å². The molecule has 0 spiro atoms. The molecule has 1 saturated carbocycles. The zero-order chi connectivity index (χ0) is 13.9. The molecule has 4 heteroatoms. The van der Waals surface area contributed by atoms with Crippen molar-refractivity contribution < 1.29 is 9.59 Å². The number of Topliss-reactive ketones (excluding diaryl/α,β-unsaturated/α-hetero) is 2. The lowest BCUT2D eigenvalue weighted by molar-refractivity contribution is -0.115. The van der Waals surface area contributed by atoms with E-state index in [-0.39, 0.29) is 11.6 Å². The minimum Gasteiger partial charge on any atom is -0.294 e. The van der Waals surface area contributed by atoms with Crippen LogP contribution in [-0.2, 0) is 9.59 Å². The SMILES string of the molecule is C[Si](C)(C)C1=C2CCC(=O)C2=C([Si](C)(C)C)C1=O. The molecule has 2 aliphatic carbocycles. The number of fused-ring (bicyclic) bond motifs is 1. The van der Waals surface area contributed by atoms with E-state index in [1.165, 1.54) is 0 Å². The molecule has 0 aromatic heterocycles. The first kappa shape index (κ1) is 13.7. The van der Waals surface area contributed by atoms with Crippen LogP contribution in [0.5, 0.6) is 0 Å². The van der Waals surface area contributed by atoms with E-state index in [2.05, 4.69) is 39.3 Å². The lowest BCUT2D eigenvalue weighted by Gasteiger charge is -2.23. The van der Waals surface area contributed by atoms with Crippen LogP contribution in [0, 0.1) is 0 Å². The van der Waals surface area contributed by atoms with E-state index in [9.17, 15) is 9.59 Å². The fourth-order valence-electron chi connectivity index (χ4n) is 3.08. The summed E-state index contributed by atoms with van der Waals surface area (Å²) in [5.74, 6) is 0.440. The quantitative estimate of drug-likeness (QED) is 0.726. The first-order chi connectivity index (χ1) is 8.05. The van der Waals surface area contributed by atoms with Crippen LogP contribution in [0.2, 0.25) is 39.3 Å². The average Bonchev–Trinajstić information content (AvgIpc) is 2.60. The highest BCUT2D eigenvalue weighted by atomic mass is 28.3. The van der Waals surface area contributed by atoms with E-state index < -0.39 is 16.1 Å². The first-order valence-corrected chi connectivity index (χ1v) is 13.6. The fourth-order valence-corrected chi connectivity index (χ4v) is 7.01.